The van der Waals surface area contributed by atoms with Crippen molar-refractivity contribution >= 4 is 0 Å². The molecule has 1 unspecified atom stereocenters. The number of rotatable bonds is 9. The smallest absolute Gasteiger partial charge is 0.0780 e. The van der Waals surface area contributed by atoms with Gasteiger partial charge in [0.1, 0.15) is 0 Å². The summed E-state index contributed by atoms with van der Waals surface area (Å²) in [6, 6.07) is 0. The lowest BCUT2D eigenvalue weighted by atomic mass is 10.4. The van der Waals surface area contributed by atoms with Gasteiger partial charge in [-0.2, -0.15) is 0 Å². The molecule has 0 aromatic heterocycles. The fraction of sp³-hybridized carbons (Fsp3) is 1.00. The Balaban J connectivity index is 2.97. The molecule has 0 saturated heterocycles. The highest BCUT2D eigenvalue weighted by molar-refractivity contribution is 4.49. The van der Waals surface area contributed by atoms with E-state index in [-0.39, 0.29) is 6.10 Å². The number of hydrogen-bond donors (Lipinski definition) is 1. The van der Waals surface area contributed by atoms with Gasteiger partial charge in [0, 0.05) is 27.3 Å². The minimum atomic E-state index is 0.175. The first-order valence-corrected chi connectivity index (χ1v) is 4.61. The Morgan fingerprint density at radius 2 is 1.77 bits per heavy atom. The molecule has 0 bridgehead atoms. The molecule has 4 nitrogen and oxygen atoms in total. The van der Waals surface area contributed by atoms with E-state index in [4.69, 9.17) is 14.2 Å². The summed E-state index contributed by atoms with van der Waals surface area (Å²) < 4.78 is 15.3. The van der Waals surface area contributed by atoms with Gasteiger partial charge in [-0.15, -0.1) is 0 Å². The van der Waals surface area contributed by atoms with Crippen LogP contribution in [0.5, 0.6) is 0 Å². The zero-order chi connectivity index (χ0) is 9.94. The molecule has 0 saturated carbocycles. The SMILES string of the molecule is COCCNCCOC(C)COC. The minimum Gasteiger partial charge on any atom is -0.383 e. The van der Waals surface area contributed by atoms with Gasteiger partial charge in [-0.05, 0) is 6.92 Å². The largest absolute Gasteiger partial charge is 0.383 e. The van der Waals surface area contributed by atoms with Crippen molar-refractivity contribution in [3.63, 3.8) is 0 Å². The number of methoxy groups -OCH3 is 2. The van der Waals surface area contributed by atoms with E-state index in [0.29, 0.717) is 13.2 Å². The van der Waals surface area contributed by atoms with Crippen LogP contribution in [-0.4, -0.2) is 53.2 Å². The highest BCUT2D eigenvalue weighted by Gasteiger charge is 1.99. The molecule has 1 atom stereocenters. The standard InChI is InChI=1S/C9H21NO3/c1-9(8-12-3)13-7-5-10-4-6-11-2/h9-10H,4-8H2,1-3H3. The molecule has 13 heavy (non-hydrogen) atoms. The van der Waals surface area contributed by atoms with Gasteiger partial charge in [-0.3, -0.25) is 0 Å². The van der Waals surface area contributed by atoms with Crippen LogP contribution in [0.2, 0.25) is 0 Å². The Labute approximate surface area is 80.5 Å². The second kappa shape index (κ2) is 9.92. The van der Waals surface area contributed by atoms with E-state index >= 15 is 0 Å². The molecule has 1 N–H and O–H groups in total. The van der Waals surface area contributed by atoms with Gasteiger partial charge in [0.2, 0.25) is 0 Å². The summed E-state index contributed by atoms with van der Waals surface area (Å²) in [5, 5.41) is 3.19. The van der Waals surface area contributed by atoms with Gasteiger partial charge in [-0.1, -0.05) is 0 Å². The number of hydrogen-bond acceptors (Lipinski definition) is 4. The van der Waals surface area contributed by atoms with Gasteiger partial charge in [0.25, 0.3) is 0 Å². The van der Waals surface area contributed by atoms with Crippen LogP contribution in [0, 0.1) is 0 Å². The van der Waals surface area contributed by atoms with Gasteiger partial charge in [-0.25, -0.2) is 0 Å². The van der Waals surface area contributed by atoms with Crippen molar-refractivity contribution in [2.45, 2.75) is 13.0 Å². The van der Waals surface area contributed by atoms with Gasteiger partial charge >= 0.3 is 0 Å². The van der Waals surface area contributed by atoms with Gasteiger partial charge in [0.15, 0.2) is 0 Å². The van der Waals surface area contributed by atoms with E-state index < -0.39 is 0 Å². The molecule has 0 aromatic rings. The Kier molecular flexibility index (Phi) is 9.80. The summed E-state index contributed by atoms with van der Waals surface area (Å²) in [6.07, 6.45) is 0.175. The second-order valence-electron chi connectivity index (χ2n) is 2.88. The van der Waals surface area contributed by atoms with Crippen molar-refractivity contribution in [2.24, 2.45) is 0 Å². The molecule has 0 rings (SSSR count). The average Bonchev–Trinajstić information content (AvgIpc) is 2.11. The van der Waals surface area contributed by atoms with Crippen molar-refractivity contribution in [1.82, 2.24) is 5.32 Å². The van der Waals surface area contributed by atoms with Crippen LogP contribution < -0.4 is 5.32 Å². The van der Waals surface area contributed by atoms with Crippen LogP contribution in [0.3, 0.4) is 0 Å². The van der Waals surface area contributed by atoms with Crippen LogP contribution in [0.15, 0.2) is 0 Å². The fourth-order valence-electron chi connectivity index (χ4n) is 0.914. The summed E-state index contributed by atoms with van der Waals surface area (Å²) in [5.74, 6) is 0. The van der Waals surface area contributed by atoms with Crippen molar-refractivity contribution < 1.29 is 14.2 Å². The maximum absolute atomic E-state index is 5.43. The van der Waals surface area contributed by atoms with E-state index in [9.17, 15) is 0 Å². The fourth-order valence-corrected chi connectivity index (χ4v) is 0.914. The minimum absolute atomic E-state index is 0.175. The summed E-state index contributed by atoms with van der Waals surface area (Å²) >= 11 is 0. The first kappa shape index (κ1) is 12.8. The molecule has 0 amide bonds. The molecule has 4 heteroatoms. The summed E-state index contributed by atoms with van der Waals surface area (Å²) in [6.45, 7) is 5.84. The van der Waals surface area contributed by atoms with E-state index in [2.05, 4.69) is 5.32 Å². The van der Waals surface area contributed by atoms with E-state index in [0.717, 1.165) is 19.7 Å². The Bertz CT molecular complexity index is 101. The summed E-state index contributed by atoms with van der Waals surface area (Å²) in [7, 11) is 3.37. The van der Waals surface area contributed by atoms with Crippen LogP contribution in [0.1, 0.15) is 6.92 Å². The second-order valence-corrected chi connectivity index (χ2v) is 2.88. The molecule has 0 aromatic carbocycles. The number of ether oxygens (including phenoxy) is 3. The molecule has 0 spiro atoms. The van der Waals surface area contributed by atoms with Crippen LogP contribution in [0.4, 0.5) is 0 Å². The topological polar surface area (TPSA) is 39.7 Å². The predicted molar refractivity (Wildman–Crippen MR) is 52.0 cm³/mol. The average molecular weight is 191 g/mol. The molecular formula is C9H21NO3. The maximum atomic E-state index is 5.43. The summed E-state index contributed by atoms with van der Waals surface area (Å²) in [4.78, 5) is 0. The third-order valence-electron chi connectivity index (χ3n) is 1.57. The van der Waals surface area contributed by atoms with Gasteiger partial charge in [0.05, 0.1) is 25.9 Å². The van der Waals surface area contributed by atoms with Crippen molar-refractivity contribution in [3.8, 4) is 0 Å². The van der Waals surface area contributed by atoms with E-state index in [1.807, 2.05) is 6.92 Å². The van der Waals surface area contributed by atoms with Crippen LogP contribution >= 0.6 is 0 Å². The molecular weight excluding hydrogens is 170 g/mol. The zero-order valence-electron chi connectivity index (χ0n) is 8.84. The zero-order valence-corrected chi connectivity index (χ0v) is 8.84. The highest BCUT2D eigenvalue weighted by atomic mass is 16.5. The molecule has 0 heterocycles. The molecule has 0 aliphatic heterocycles. The maximum Gasteiger partial charge on any atom is 0.0780 e. The summed E-state index contributed by atoms with van der Waals surface area (Å²) in [5.41, 5.74) is 0. The highest BCUT2D eigenvalue weighted by Crippen LogP contribution is 1.89. The molecule has 80 valence electrons. The third-order valence-corrected chi connectivity index (χ3v) is 1.57. The molecule has 0 radical (unpaired) electrons. The molecule has 0 fully saturated rings. The first-order valence-electron chi connectivity index (χ1n) is 4.61. The lowest BCUT2D eigenvalue weighted by Crippen LogP contribution is -2.26. The Morgan fingerprint density at radius 3 is 2.38 bits per heavy atom. The van der Waals surface area contributed by atoms with E-state index in [1.54, 1.807) is 14.2 Å². The normalized spacial score (nSPS) is 13.2. The van der Waals surface area contributed by atoms with Crippen molar-refractivity contribution in [2.75, 3.05) is 47.1 Å². The predicted octanol–water partition coefficient (Wildman–Crippen LogP) is 0.274. The monoisotopic (exact) mass is 191 g/mol. The number of nitrogens with one attached hydrogen (secondary N) is 1. The Hall–Kier alpha value is -0.160. The molecule has 0 aliphatic rings. The lowest BCUT2D eigenvalue weighted by Gasteiger charge is -2.11. The quantitative estimate of drug-likeness (QED) is 0.531. The Morgan fingerprint density at radius 1 is 1.08 bits per heavy atom. The third kappa shape index (κ3) is 9.76. The van der Waals surface area contributed by atoms with Crippen LogP contribution in [-0.2, 0) is 14.2 Å². The van der Waals surface area contributed by atoms with Crippen molar-refractivity contribution in [1.29, 1.82) is 0 Å². The van der Waals surface area contributed by atoms with E-state index in [1.165, 1.54) is 0 Å². The lowest BCUT2D eigenvalue weighted by molar-refractivity contribution is 0.0104. The first-order chi connectivity index (χ1) is 6.31. The molecule has 0 aliphatic carbocycles. The van der Waals surface area contributed by atoms with Gasteiger partial charge < -0.3 is 19.5 Å². The van der Waals surface area contributed by atoms with Crippen molar-refractivity contribution in [3.05, 3.63) is 0 Å². The van der Waals surface area contributed by atoms with Crippen LogP contribution in [0.25, 0.3) is 0 Å².